The zero-order valence-electron chi connectivity index (χ0n) is 11.6. The van der Waals surface area contributed by atoms with Crippen LogP contribution in [0.3, 0.4) is 0 Å². The van der Waals surface area contributed by atoms with E-state index in [9.17, 15) is 0 Å². The van der Waals surface area contributed by atoms with Crippen LogP contribution in [0.15, 0.2) is 10.9 Å². The lowest BCUT2D eigenvalue weighted by molar-refractivity contribution is -0.0940. The normalized spacial score (nSPS) is 24.9. The average molecular weight is 268 g/mol. The van der Waals surface area contributed by atoms with Crippen molar-refractivity contribution in [2.24, 2.45) is 0 Å². The van der Waals surface area contributed by atoms with Gasteiger partial charge in [0.1, 0.15) is 0 Å². The molecule has 0 aromatic carbocycles. The molecule has 0 bridgehead atoms. The highest BCUT2D eigenvalue weighted by atomic mass is 32.1. The second kappa shape index (κ2) is 6.13. The molecule has 1 aliphatic heterocycles. The Morgan fingerprint density at radius 2 is 2.33 bits per heavy atom. The molecule has 1 aromatic rings. The molecule has 2 atom stereocenters. The summed E-state index contributed by atoms with van der Waals surface area (Å²) in [5.74, 6) is 0. The highest BCUT2D eigenvalue weighted by Crippen LogP contribution is 2.32. The highest BCUT2D eigenvalue weighted by Gasteiger charge is 2.34. The lowest BCUT2D eigenvalue weighted by atomic mass is 9.85. The van der Waals surface area contributed by atoms with Gasteiger partial charge in [0.15, 0.2) is 0 Å². The van der Waals surface area contributed by atoms with Gasteiger partial charge in [0.25, 0.3) is 0 Å². The Balaban J connectivity index is 1.93. The Labute approximate surface area is 114 Å². The van der Waals surface area contributed by atoms with Crippen LogP contribution in [0.5, 0.6) is 0 Å². The lowest BCUT2D eigenvalue weighted by Crippen LogP contribution is -2.47. The molecule has 1 aromatic heterocycles. The summed E-state index contributed by atoms with van der Waals surface area (Å²) in [6, 6.07) is 0.890. The van der Waals surface area contributed by atoms with Gasteiger partial charge in [0.2, 0.25) is 0 Å². The van der Waals surface area contributed by atoms with Crippen molar-refractivity contribution in [2.75, 3.05) is 6.61 Å². The highest BCUT2D eigenvalue weighted by molar-refractivity contribution is 7.07. The van der Waals surface area contributed by atoms with Crippen molar-refractivity contribution in [2.45, 2.75) is 64.1 Å². The minimum absolute atomic E-state index is 0.0950. The van der Waals surface area contributed by atoms with Crippen LogP contribution >= 0.6 is 11.3 Å². The van der Waals surface area contributed by atoms with Gasteiger partial charge in [0, 0.05) is 24.1 Å². The molecule has 2 heterocycles. The monoisotopic (exact) mass is 268 g/mol. The summed E-state index contributed by atoms with van der Waals surface area (Å²) in [6.07, 6.45) is 4.43. The zero-order valence-corrected chi connectivity index (χ0v) is 12.4. The van der Waals surface area contributed by atoms with Crippen LogP contribution in [0.2, 0.25) is 0 Å². The van der Waals surface area contributed by atoms with Crippen molar-refractivity contribution < 1.29 is 4.74 Å². The fourth-order valence-electron chi connectivity index (χ4n) is 2.79. The Hall–Kier alpha value is -0.450. The van der Waals surface area contributed by atoms with Gasteiger partial charge >= 0.3 is 0 Å². The number of hydrogen-bond acceptors (Lipinski definition) is 4. The van der Waals surface area contributed by atoms with Crippen molar-refractivity contribution in [3.8, 4) is 0 Å². The minimum Gasteiger partial charge on any atom is -0.375 e. The molecule has 0 spiro atoms. The lowest BCUT2D eigenvalue weighted by Gasteiger charge is -2.41. The molecule has 3 nitrogen and oxygen atoms in total. The fourth-order valence-corrected chi connectivity index (χ4v) is 3.44. The third-order valence-electron chi connectivity index (χ3n) is 4.16. The van der Waals surface area contributed by atoms with E-state index in [0.717, 1.165) is 38.0 Å². The van der Waals surface area contributed by atoms with E-state index in [1.54, 1.807) is 11.3 Å². The summed E-state index contributed by atoms with van der Waals surface area (Å²) in [7, 11) is 0. The van der Waals surface area contributed by atoms with Gasteiger partial charge < -0.3 is 10.1 Å². The van der Waals surface area contributed by atoms with Crippen molar-refractivity contribution in [1.82, 2.24) is 10.3 Å². The molecule has 1 N–H and O–H groups in total. The van der Waals surface area contributed by atoms with Gasteiger partial charge in [-0.05, 0) is 32.6 Å². The third kappa shape index (κ3) is 3.11. The second-order valence-corrected chi connectivity index (χ2v) is 5.95. The van der Waals surface area contributed by atoms with E-state index >= 15 is 0 Å². The Morgan fingerprint density at radius 1 is 1.56 bits per heavy atom. The Bertz CT molecular complexity index is 349. The molecular weight excluding hydrogens is 244 g/mol. The molecule has 2 rings (SSSR count). The fraction of sp³-hybridized carbons (Fsp3) is 0.786. The standard InChI is InChI=1S/C14H24N2OS/c1-4-14(5-2)8-12(6-7-17-14)16-11(3)13-9-18-10-15-13/h9-12,16H,4-8H2,1-3H3. The Morgan fingerprint density at radius 3 is 2.94 bits per heavy atom. The molecule has 18 heavy (non-hydrogen) atoms. The van der Waals surface area contributed by atoms with Crippen molar-refractivity contribution in [1.29, 1.82) is 0 Å². The number of hydrogen-bond donors (Lipinski definition) is 1. The molecule has 0 saturated carbocycles. The molecule has 0 aliphatic carbocycles. The minimum atomic E-state index is 0.0950. The average Bonchev–Trinajstić information content (AvgIpc) is 2.93. The van der Waals surface area contributed by atoms with E-state index in [2.05, 4.69) is 36.5 Å². The van der Waals surface area contributed by atoms with Gasteiger partial charge in [-0.15, -0.1) is 11.3 Å². The van der Waals surface area contributed by atoms with Gasteiger partial charge in [-0.3, -0.25) is 0 Å². The van der Waals surface area contributed by atoms with Crippen LogP contribution in [0.4, 0.5) is 0 Å². The quantitative estimate of drug-likeness (QED) is 0.887. The zero-order chi connectivity index (χ0) is 13.0. The predicted octanol–water partition coefficient (Wildman–Crippen LogP) is 3.53. The van der Waals surface area contributed by atoms with Crippen LogP contribution in [-0.4, -0.2) is 23.2 Å². The first kappa shape index (κ1) is 14.0. The largest absolute Gasteiger partial charge is 0.375 e. The number of aromatic nitrogens is 1. The van der Waals surface area contributed by atoms with Crippen molar-refractivity contribution in [3.05, 3.63) is 16.6 Å². The number of ether oxygens (including phenoxy) is 1. The first-order valence-corrected chi connectivity index (χ1v) is 7.91. The van der Waals surface area contributed by atoms with Crippen LogP contribution in [0.25, 0.3) is 0 Å². The third-order valence-corrected chi connectivity index (χ3v) is 4.77. The van der Waals surface area contributed by atoms with Gasteiger partial charge in [-0.1, -0.05) is 13.8 Å². The second-order valence-electron chi connectivity index (χ2n) is 5.23. The maximum absolute atomic E-state index is 6.01. The van der Waals surface area contributed by atoms with Crippen molar-refractivity contribution in [3.63, 3.8) is 0 Å². The van der Waals surface area contributed by atoms with Crippen LogP contribution in [-0.2, 0) is 4.74 Å². The van der Waals surface area contributed by atoms with Gasteiger partial charge in [0.05, 0.1) is 16.8 Å². The summed E-state index contributed by atoms with van der Waals surface area (Å²) < 4.78 is 6.01. The topological polar surface area (TPSA) is 34.2 Å². The van der Waals surface area contributed by atoms with E-state index in [1.807, 2.05) is 5.51 Å². The summed E-state index contributed by atoms with van der Waals surface area (Å²) >= 11 is 1.66. The summed E-state index contributed by atoms with van der Waals surface area (Å²) in [5, 5.41) is 5.84. The molecule has 0 radical (unpaired) electrons. The molecule has 1 saturated heterocycles. The molecule has 0 amide bonds. The number of nitrogens with one attached hydrogen (secondary N) is 1. The van der Waals surface area contributed by atoms with Crippen LogP contribution < -0.4 is 5.32 Å². The van der Waals surface area contributed by atoms with Crippen LogP contribution in [0, 0.1) is 0 Å². The predicted molar refractivity (Wildman–Crippen MR) is 76.0 cm³/mol. The van der Waals surface area contributed by atoms with E-state index in [1.165, 1.54) is 0 Å². The van der Waals surface area contributed by atoms with Crippen LogP contribution in [0.1, 0.15) is 58.2 Å². The number of rotatable bonds is 5. The van der Waals surface area contributed by atoms with E-state index in [4.69, 9.17) is 4.74 Å². The van der Waals surface area contributed by atoms with E-state index in [0.29, 0.717) is 12.1 Å². The molecule has 1 aliphatic rings. The summed E-state index contributed by atoms with van der Waals surface area (Å²) in [4.78, 5) is 4.38. The van der Waals surface area contributed by atoms with Gasteiger partial charge in [-0.25, -0.2) is 4.98 Å². The van der Waals surface area contributed by atoms with Crippen molar-refractivity contribution >= 4 is 11.3 Å². The molecule has 2 unspecified atom stereocenters. The summed E-state index contributed by atoms with van der Waals surface area (Å²) in [5.41, 5.74) is 3.16. The number of nitrogens with zero attached hydrogens (tertiary/aromatic N) is 1. The van der Waals surface area contributed by atoms with E-state index in [-0.39, 0.29) is 5.60 Å². The van der Waals surface area contributed by atoms with Gasteiger partial charge in [-0.2, -0.15) is 0 Å². The number of thiazole rings is 1. The molecule has 1 fully saturated rings. The smallest absolute Gasteiger partial charge is 0.0795 e. The maximum Gasteiger partial charge on any atom is 0.0795 e. The molecular formula is C14H24N2OS. The maximum atomic E-state index is 6.01. The first-order chi connectivity index (χ1) is 8.69. The Kier molecular flexibility index (Phi) is 4.76. The SMILES string of the molecule is CCC1(CC)CC(NC(C)c2cscn2)CCO1. The molecule has 4 heteroatoms. The van der Waals surface area contributed by atoms with E-state index < -0.39 is 0 Å². The molecule has 102 valence electrons. The summed E-state index contributed by atoms with van der Waals surface area (Å²) in [6.45, 7) is 7.54. The first-order valence-electron chi connectivity index (χ1n) is 6.97.